The van der Waals surface area contributed by atoms with E-state index in [1.165, 1.54) is 18.2 Å². The van der Waals surface area contributed by atoms with Gasteiger partial charge in [0.15, 0.2) is 5.82 Å². The van der Waals surface area contributed by atoms with Gasteiger partial charge in [-0.15, -0.1) is 23.4 Å². The molecule has 0 atom stereocenters. The van der Waals surface area contributed by atoms with E-state index < -0.39 is 42.1 Å². The highest BCUT2D eigenvalue weighted by Crippen LogP contribution is 2.40. The normalized spacial score (nSPS) is 15.4. The minimum Gasteiger partial charge on any atom is -0.308 e. The molecule has 13 heteroatoms. The molecule has 4 heterocycles. The van der Waals surface area contributed by atoms with Gasteiger partial charge in [-0.2, -0.15) is 22.0 Å². The summed E-state index contributed by atoms with van der Waals surface area (Å²) in [6.45, 7) is 7.21. The van der Waals surface area contributed by atoms with Crippen molar-refractivity contribution in [3.8, 4) is 11.5 Å². The number of aryl methyl sites for hydroxylation is 1. The number of hydrogen-bond donors (Lipinski definition) is 1. The van der Waals surface area contributed by atoms with Crippen molar-refractivity contribution in [2.45, 2.75) is 30.4 Å². The number of nitrogens with zero attached hydrogens (tertiary/aromatic N) is 5. The van der Waals surface area contributed by atoms with Crippen molar-refractivity contribution in [2.75, 3.05) is 5.32 Å². The Morgan fingerprint density at radius 2 is 1.79 bits per heavy atom. The van der Waals surface area contributed by atoms with Crippen LogP contribution in [-0.2, 0) is 16.6 Å². The largest absolute Gasteiger partial charge is 0.453 e. The Morgan fingerprint density at radius 1 is 1.09 bits per heavy atom. The van der Waals surface area contributed by atoms with E-state index in [9.17, 15) is 31.1 Å². The predicted octanol–water partition coefficient (Wildman–Crippen LogP) is 4.02. The molecule has 0 aliphatic carbocycles. The second-order valence-corrected chi connectivity index (χ2v) is 7.25. The first-order chi connectivity index (χ1) is 15.4. The number of imidazole rings is 1. The average Bonchev–Trinajstić information content (AvgIpc) is 3.25. The summed E-state index contributed by atoms with van der Waals surface area (Å²) in [7, 11) is 0. The minimum absolute atomic E-state index is 0.0261. The summed E-state index contributed by atoms with van der Waals surface area (Å²) in [6.07, 6.45) is -4.62. The molecular weight excluding hydrogens is 454 g/mol. The Hall–Kier alpha value is -3.77. The van der Waals surface area contributed by atoms with Crippen molar-refractivity contribution in [3.05, 3.63) is 61.0 Å². The summed E-state index contributed by atoms with van der Waals surface area (Å²) < 4.78 is 79.3. The van der Waals surface area contributed by atoms with Crippen LogP contribution in [0.2, 0.25) is 0 Å². The number of nitrogens with one attached hydrogen (secondary N) is 1. The molecule has 0 saturated heterocycles. The topological polar surface area (TPSA) is 85.1 Å². The number of aromatic nitrogens is 5. The number of fused-ring (bicyclic) bond motifs is 2. The quantitative estimate of drug-likeness (QED) is 0.437. The smallest absolute Gasteiger partial charge is 0.308 e. The van der Waals surface area contributed by atoms with Crippen LogP contribution in [0.3, 0.4) is 0 Å². The van der Waals surface area contributed by atoms with Gasteiger partial charge in [-0.05, 0) is 12.1 Å². The molecule has 1 N–H and O–H groups in total. The Bertz CT molecular complexity index is 1290. The monoisotopic (exact) mass is 468 g/mol. The van der Waals surface area contributed by atoms with Crippen molar-refractivity contribution >= 4 is 17.2 Å². The second-order valence-electron chi connectivity index (χ2n) is 7.25. The van der Waals surface area contributed by atoms with E-state index in [1.54, 1.807) is 0 Å². The van der Waals surface area contributed by atoms with Crippen LogP contribution in [-0.4, -0.2) is 42.6 Å². The summed E-state index contributed by atoms with van der Waals surface area (Å²) in [5.41, 5.74) is -1.13. The van der Waals surface area contributed by atoms with Gasteiger partial charge in [0.05, 0.1) is 5.52 Å². The summed E-state index contributed by atoms with van der Waals surface area (Å²) in [6, 6.07) is 2.30. The van der Waals surface area contributed by atoms with Crippen LogP contribution in [0.5, 0.6) is 0 Å². The third-order valence-electron chi connectivity index (χ3n) is 5.29. The number of carbonyl (C=O) groups excluding carboxylic acids is 1. The number of anilines is 1. The van der Waals surface area contributed by atoms with E-state index in [1.807, 2.05) is 0 Å². The second kappa shape index (κ2) is 7.39. The van der Waals surface area contributed by atoms with Gasteiger partial charge in [0.2, 0.25) is 11.7 Å². The fourth-order valence-electron chi connectivity index (χ4n) is 3.45. The van der Waals surface area contributed by atoms with Gasteiger partial charge in [-0.1, -0.05) is 12.2 Å². The molecule has 1 amide bonds. The lowest BCUT2D eigenvalue weighted by molar-refractivity contribution is -0.284. The minimum atomic E-state index is -5.73. The molecule has 172 valence electrons. The molecule has 3 aromatic rings. The van der Waals surface area contributed by atoms with Gasteiger partial charge in [0.25, 0.3) is 0 Å². The Kier molecular flexibility index (Phi) is 5.02. The summed E-state index contributed by atoms with van der Waals surface area (Å²) >= 11 is 0. The zero-order valence-corrected chi connectivity index (χ0v) is 16.6. The average molecular weight is 468 g/mol. The maximum atomic E-state index is 13.8. The van der Waals surface area contributed by atoms with Crippen molar-refractivity contribution in [3.63, 3.8) is 0 Å². The van der Waals surface area contributed by atoms with Crippen molar-refractivity contribution in [2.24, 2.45) is 0 Å². The van der Waals surface area contributed by atoms with Gasteiger partial charge >= 0.3 is 12.1 Å². The Labute approximate surface area is 181 Å². The van der Waals surface area contributed by atoms with Gasteiger partial charge in [0, 0.05) is 19.0 Å². The zero-order valence-electron chi connectivity index (χ0n) is 16.6. The van der Waals surface area contributed by atoms with E-state index in [2.05, 4.69) is 38.6 Å². The number of amides is 1. The van der Waals surface area contributed by atoms with E-state index in [-0.39, 0.29) is 34.4 Å². The number of alkyl halides is 5. The molecule has 7 nitrogen and oxygen atoms in total. The maximum absolute atomic E-state index is 13.8. The first-order valence-corrected chi connectivity index (χ1v) is 9.39. The third-order valence-corrected chi connectivity index (χ3v) is 5.29. The van der Waals surface area contributed by atoms with Gasteiger partial charge < -0.3 is 9.72 Å². The first-order valence-electron chi connectivity index (χ1n) is 9.39. The third kappa shape index (κ3) is 3.43. The molecule has 3 aromatic heterocycles. The highest BCUT2D eigenvalue weighted by Gasteiger charge is 2.56. The molecule has 0 bridgehead atoms. The van der Waals surface area contributed by atoms with Crippen molar-refractivity contribution in [1.29, 1.82) is 0 Å². The van der Waals surface area contributed by atoms with Crippen LogP contribution in [0, 0.1) is 5.82 Å². The number of halogens is 6. The van der Waals surface area contributed by atoms with E-state index in [0.29, 0.717) is 0 Å². The molecule has 0 fully saturated rings. The predicted molar refractivity (Wildman–Crippen MR) is 104 cm³/mol. The van der Waals surface area contributed by atoms with Crippen molar-refractivity contribution in [1.82, 2.24) is 24.6 Å². The maximum Gasteiger partial charge on any atom is 0.453 e. The number of hydrogen-bond acceptors (Lipinski definition) is 5. The lowest BCUT2D eigenvalue weighted by Gasteiger charge is -2.18. The van der Waals surface area contributed by atoms with Crippen LogP contribution in [0.15, 0.2) is 43.6 Å². The van der Waals surface area contributed by atoms with Crippen LogP contribution < -0.4 is 5.32 Å². The molecule has 0 spiro atoms. The van der Waals surface area contributed by atoms with Crippen molar-refractivity contribution < 1.29 is 31.1 Å². The van der Waals surface area contributed by atoms with Crippen LogP contribution in [0.25, 0.3) is 17.0 Å². The standard InChI is InChI=1S/C20H14F6N6O/c1-3-18(4-2)14-16(29-17(18)33)28-15(31-30-14)13-11-6-5-10(21)9-32(11)12(27-13)7-8-19(22,23)20(24,25)26/h3-6,9H,1-2,7-8H2,(H,28,29,31,33). The van der Waals surface area contributed by atoms with Gasteiger partial charge in [-0.3, -0.25) is 4.79 Å². The molecule has 0 saturated carbocycles. The summed E-state index contributed by atoms with van der Waals surface area (Å²) in [5, 5.41) is 10.4. The number of rotatable bonds is 6. The van der Waals surface area contributed by atoms with Crippen LogP contribution in [0.4, 0.5) is 32.2 Å². The molecule has 0 aromatic carbocycles. The number of pyridine rings is 1. The molecule has 33 heavy (non-hydrogen) atoms. The molecule has 4 rings (SSSR count). The van der Waals surface area contributed by atoms with Crippen LogP contribution in [0.1, 0.15) is 17.9 Å². The Morgan fingerprint density at radius 3 is 2.42 bits per heavy atom. The summed E-state index contributed by atoms with van der Waals surface area (Å²) in [5.74, 6) is -6.64. The molecule has 0 radical (unpaired) electrons. The van der Waals surface area contributed by atoms with Gasteiger partial charge in [0.1, 0.15) is 28.4 Å². The molecule has 1 aliphatic rings. The molecular formula is C20H14F6N6O. The SMILES string of the molecule is C=CC1(C=C)C(=O)Nc2nc(-c3nc(CCC(F)(F)C(F)(F)F)n4cc(F)ccc34)nnc21. The lowest BCUT2D eigenvalue weighted by atomic mass is 9.86. The van der Waals surface area contributed by atoms with E-state index >= 15 is 0 Å². The lowest BCUT2D eigenvalue weighted by Crippen LogP contribution is -2.36. The zero-order chi connectivity index (χ0) is 24.2. The fraction of sp³-hybridized carbons (Fsp3) is 0.250. The van der Waals surface area contributed by atoms with Crippen LogP contribution >= 0.6 is 0 Å². The number of carbonyl (C=O) groups is 1. The highest BCUT2D eigenvalue weighted by atomic mass is 19.4. The Balaban J connectivity index is 1.79. The van der Waals surface area contributed by atoms with E-state index in [0.717, 1.165) is 16.7 Å². The first kappa shape index (κ1) is 22.4. The van der Waals surface area contributed by atoms with E-state index in [4.69, 9.17) is 0 Å². The fourth-order valence-corrected chi connectivity index (χ4v) is 3.45. The highest BCUT2D eigenvalue weighted by molar-refractivity contribution is 6.07. The summed E-state index contributed by atoms with van der Waals surface area (Å²) in [4.78, 5) is 20.7. The molecule has 0 unspecified atom stereocenters. The van der Waals surface area contributed by atoms with Gasteiger partial charge in [-0.25, -0.2) is 14.4 Å². The molecule has 1 aliphatic heterocycles.